The predicted molar refractivity (Wildman–Crippen MR) is 104 cm³/mol. The van der Waals surface area contributed by atoms with Gasteiger partial charge in [-0.2, -0.15) is 0 Å². The van der Waals surface area contributed by atoms with Gasteiger partial charge in [-0.3, -0.25) is 9.59 Å². The molecule has 0 aliphatic rings. The molecule has 138 valence electrons. The molecule has 2 aromatic carbocycles. The average Bonchev–Trinajstić information content (AvgIpc) is 3.16. The SMILES string of the molecule is Cc1cc(-c2ccccc2F)ccc1CN(C=O)CC(=O)Nc1nccs1. The topological polar surface area (TPSA) is 62.3 Å². The summed E-state index contributed by atoms with van der Waals surface area (Å²) in [6.07, 6.45) is 2.24. The third-order valence-corrected chi connectivity index (χ3v) is 4.76. The minimum atomic E-state index is -0.308. The highest BCUT2D eigenvalue weighted by atomic mass is 32.1. The van der Waals surface area contributed by atoms with E-state index in [-0.39, 0.29) is 24.8 Å². The van der Waals surface area contributed by atoms with Crippen molar-refractivity contribution in [3.05, 3.63) is 71.0 Å². The number of halogens is 1. The maximum atomic E-state index is 14.0. The first kappa shape index (κ1) is 18.7. The monoisotopic (exact) mass is 383 g/mol. The standard InChI is InChI=1S/C20H18FN3O2S/c1-14-10-15(17-4-2-3-5-18(17)21)6-7-16(14)11-24(13-25)12-19(26)23-20-22-8-9-27-20/h2-10,13H,11-12H2,1H3,(H,22,23,26). The van der Waals surface area contributed by atoms with E-state index in [1.165, 1.54) is 22.3 Å². The molecule has 1 N–H and O–H groups in total. The van der Waals surface area contributed by atoms with Crippen LogP contribution in [-0.4, -0.2) is 28.7 Å². The van der Waals surface area contributed by atoms with Gasteiger partial charge in [-0.1, -0.05) is 36.4 Å². The van der Waals surface area contributed by atoms with Crippen molar-refractivity contribution < 1.29 is 14.0 Å². The van der Waals surface area contributed by atoms with E-state index >= 15 is 0 Å². The van der Waals surface area contributed by atoms with E-state index in [0.717, 1.165) is 16.7 Å². The lowest BCUT2D eigenvalue weighted by atomic mass is 9.99. The molecule has 0 atom stereocenters. The first-order valence-corrected chi connectivity index (χ1v) is 9.18. The summed E-state index contributed by atoms with van der Waals surface area (Å²) in [5, 5.41) is 4.90. The van der Waals surface area contributed by atoms with Crippen molar-refractivity contribution in [2.75, 3.05) is 11.9 Å². The van der Waals surface area contributed by atoms with Crippen molar-refractivity contribution in [3.63, 3.8) is 0 Å². The second kappa shape index (κ2) is 8.55. The summed E-state index contributed by atoms with van der Waals surface area (Å²) in [7, 11) is 0. The Balaban J connectivity index is 1.69. The first-order chi connectivity index (χ1) is 13.1. The van der Waals surface area contributed by atoms with Crippen molar-refractivity contribution in [1.82, 2.24) is 9.88 Å². The van der Waals surface area contributed by atoms with Crippen LogP contribution < -0.4 is 5.32 Å². The van der Waals surface area contributed by atoms with Gasteiger partial charge in [-0.25, -0.2) is 9.37 Å². The second-order valence-corrected chi connectivity index (χ2v) is 6.91. The van der Waals surface area contributed by atoms with E-state index in [2.05, 4.69) is 10.3 Å². The lowest BCUT2D eigenvalue weighted by Gasteiger charge is -2.18. The van der Waals surface area contributed by atoms with Crippen LogP contribution >= 0.6 is 11.3 Å². The Morgan fingerprint density at radius 2 is 2.11 bits per heavy atom. The Labute approximate surface area is 160 Å². The first-order valence-electron chi connectivity index (χ1n) is 8.30. The maximum absolute atomic E-state index is 14.0. The molecule has 5 nitrogen and oxygen atoms in total. The average molecular weight is 383 g/mol. The fourth-order valence-electron chi connectivity index (χ4n) is 2.71. The molecule has 0 aliphatic heterocycles. The Bertz CT molecular complexity index is 944. The maximum Gasteiger partial charge on any atom is 0.245 e. The lowest BCUT2D eigenvalue weighted by Crippen LogP contribution is -2.32. The number of aromatic nitrogens is 1. The summed E-state index contributed by atoms with van der Waals surface area (Å²) in [6.45, 7) is 2.12. The Morgan fingerprint density at radius 1 is 1.30 bits per heavy atom. The molecule has 2 amide bonds. The number of hydrogen-bond donors (Lipinski definition) is 1. The number of aryl methyl sites for hydroxylation is 1. The number of benzene rings is 2. The second-order valence-electron chi connectivity index (χ2n) is 6.02. The van der Waals surface area contributed by atoms with E-state index in [0.29, 0.717) is 17.1 Å². The third kappa shape index (κ3) is 4.77. The van der Waals surface area contributed by atoms with Crippen LogP contribution in [0, 0.1) is 12.7 Å². The number of amides is 2. The van der Waals surface area contributed by atoms with Crippen LogP contribution in [0.5, 0.6) is 0 Å². The predicted octanol–water partition coefficient (Wildman–Crippen LogP) is 3.85. The molecule has 0 saturated carbocycles. The summed E-state index contributed by atoms with van der Waals surface area (Å²) in [6, 6.07) is 12.1. The number of carbonyl (C=O) groups is 2. The van der Waals surface area contributed by atoms with E-state index in [9.17, 15) is 14.0 Å². The lowest BCUT2D eigenvalue weighted by molar-refractivity contribution is -0.125. The third-order valence-electron chi connectivity index (χ3n) is 4.08. The van der Waals surface area contributed by atoms with Crippen LogP contribution in [-0.2, 0) is 16.1 Å². The Morgan fingerprint density at radius 3 is 2.78 bits per heavy atom. The van der Waals surface area contributed by atoms with Crippen molar-refractivity contribution in [1.29, 1.82) is 0 Å². The molecule has 0 radical (unpaired) electrons. The van der Waals surface area contributed by atoms with Crippen LogP contribution in [0.15, 0.2) is 54.0 Å². The summed E-state index contributed by atoms with van der Waals surface area (Å²) in [5.41, 5.74) is 3.11. The minimum absolute atomic E-state index is 0.0718. The minimum Gasteiger partial charge on any atom is -0.332 e. The van der Waals surface area contributed by atoms with Crippen LogP contribution in [0.4, 0.5) is 9.52 Å². The van der Waals surface area contributed by atoms with Crippen LogP contribution in [0.3, 0.4) is 0 Å². The molecular weight excluding hydrogens is 365 g/mol. The highest BCUT2D eigenvalue weighted by Crippen LogP contribution is 2.25. The zero-order valence-electron chi connectivity index (χ0n) is 14.7. The number of nitrogens with zero attached hydrogens (tertiary/aromatic N) is 2. The molecule has 1 heterocycles. The van der Waals surface area contributed by atoms with Crippen molar-refractivity contribution >= 4 is 28.8 Å². The quantitative estimate of drug-likeness (QED) is 0.630. The largest absolute Gasteiger partial charge is 0.332 e. The molecule has 3 aromatic rings. The number of anilines is 1. The van der Waals surface area contributed by atoms with Gasteiger partial charge in [0.25, 0.3) is 0 Å². The Hall–Kier alpha value is -3.06. The van der Waals surface area contributed by atoms with E-state index < -0.39 is 0 Å². The summed E-state index contributed by atoms with van der Waals surface area (Å²) in [4.78, 5) is 28.8. The molecule has 0 unspecified atom stereocenters. The van der Waals surface area contributed by atoms with Gasteiger partial charge < -0.3 is 10.2 Å². The Kier molecular flexibility index (Phi) is 5.93. The van der Waals surface area contributed by atoms with Crippen molar-refractivity contribution in [2.24, 2.45) is 0 Å². The molecule has 1 aromatic heterocycles. The highest BCUT2D eigenvalue weighted by Gasteiger charge is 2.13. The fourth-order valence-corrected chi connectivity index (χ4v) is 3.26. The zero-order valence-corrected chi connectivity index (χ0v) is 15.5. The van der Waals surface area contributed by atoms with Crippen LogP contribution in [0.25, 0.3) is 11.1 Å². The molecule has 0 bridgehead atoms. The molecule has 0 fully saturated rings. The number of thiazole rings is 1. The van der Waals surface area contributed by atoms with Gasteiger partial charge in [0.15, 0.2) is 5.13 Å². The van der Waals surface area contributed by atoms with Crippen molar-refractivity contribution in [2.45, 2.75) is 13.5 Å². The molecule has 0 aliphatic carbocycles. The number of rotatable bonds is 7. The number of carbonyl (C=O) groups excluding carboxylic acids is 2. The van der Waals surface area contributed by atoms with Crippen LogP contribution in [0.2, 0.25) is 0 Å². The highest BCUT2D eigenvalue weighted by molar-refractivity contribution is 7.13. The molecule has 0 spiro atoms. The fraction of sp³-hybridized carbons (Fsp3) is 0.150. The van der Waals surface area contributed by atoms with Gasteiger partial charge in [0.05, 0.1) is 0 Å². The summed E-state index contributed by atoms with van der Waals surface area (Å²) < 4.78 is 14.0. The van der Waals surface area contributed by atoms with Crippen LogP contribution in [0.1, 0.15) is 11.1 Å². The molecule has 3 rings (SSSR count). The van der Waals surface area contributed by atoms with E-state index in [4.69, 9.17) is 0 Å². The van der Waals surface area contributed by atoms with Gasteiger partial charge in [0.2, 0.25) is 12.3 Å². The van der Waals surface area contributed by atoms with Gasteiger partial charge in [-0.05, 0) is 29.7 Å². The number of hydrogen-bond acceptors (Lipinski definition) is 4. The van der Waals surface area contributed by atoms with Gasteiger partial charge in [0.1, 0.15) is 12.4 Å². The smallest absolute Gasteiger partial charge is 0.245 e. The number of nitrogens with one attached hydrogen (secondary N) is 1. The van der Waals surface area contributed by atoms with Crippen molar-refractivity contribution in [3.8, 4) is 11.1 Å². The zero-order chi connectivity index (χ0) is 19.2. The normalized spacial score (nSPS) is 10.4. The van der Waals surface area contributed by atoms with Gasteiger partial charge >= 0.3 is 0 Å². The van der Waals surface area contributed by atoms with Gasteiger partial charge in [0, 0.05) is 23.7 Å². The summed E-state index contributed by atoms with van der Waals surface area (Å²) in [5.74, 6) is -0.587. The van der Waals surface area contributed by atoms with E-state index in [1.54, 1.807) is 29.8 Å². The molecular formula is C20H18FN3O2S. The van der Waals surface area contributed by atoms with Gasteiger partial charge in [-0.15, -0.1) is 11.3 Å². The molecule has 7 heteroatoms. The molecule has 27 heavy (non-hydrogen) atoms. The molecule has 0 saturated heterocycles. The van der Waals surface area contributed by atoms with E-state index in [1.807, 2.05) is 25.1 Å². The summed E-state index contributed by atoms with van der Waals surface area (Å²) >= 11 is 1.31.